The maximum atomic E-state index is 5.05. The lowest BCUT2D eigenvalue weighted by Crippen LogP contribution is -2.20. The third-order valence-electron chi connectivity index (χ3n) is 7.66. The first-order valence-electron chi connectivity index (χ1n) is 13.4. The van der Waals surface area contributed by atoms with Crippen molar-refractivity contribution in [2.45, 2.75) is 39.2 Å². The number of nitrogens with zero attached hydrogens (tertiary/aromatic N) is 3. The Labute approximate surface area is 225 Å². The largest absolute Gasteiger partial charge is 0.353 e. The summed E-state index contributed by atoms with van der Waals surface area (Å²) in [5.41, 5.74) is 8.99. The van der Waals surface area contributed by atoms with E-state index in [2.05, 4.69) is 80.9 Å². The Morgan fingerprint density at radius 2 is 1.92 bits per heavy atom. The second-order valence-electron chi connectivity index (χ2n) is 10.4. The first kappa shape index (κ1) is 23.3. The van der Waals surface area contributed by atoms with Crippen LogP contribution in [0.1, 0.15) is 36.1 Å². The van der Waals surface area contributed by atoms with Gasteiger partial charge in [0.15, 0.2) is 0 Å². The number of fused-ring (bicyclic) bond motifs is 2. The third kappa shape index (κ3) is 4.42. The van der Waals surface area contributed by atoms with Crippen molar-refractivity contribution in [3.63, 3.8) is 0 Å². The Bertz CT molecular complexity index is 1740. The normalized spacial score (nSPS) is 14.2. The van der Waals surface area contributed by atoms with E-state index >= 15 is 0 Å². The summed E-state index contributed by atoms with van der Waals surface area (Å²) >= 11 is 1.82. The van der Waals surface area contributed by atoms with Crippen molar-refractivity contribution in [1.29, 1.82) is 0 Å². The minimum Gasteiger partial charge on any atom is -0.353 e. The summed E-state index contributed by atoms with van der Waals surface area (Å²) in [5, 5.41) is 12.6. The van der Waals surface area contributed by atoms with Gasteiger partial charge in [0.05, 0.1) is 16.9 Å². The standard InChI is InChI=1S/C31H30N6S/c1-19-9-12-29(38-19)23-7-4-8-26-24(23)14-28(34-26)31-30-27(36-37-31)11-10-25(35-30)22-13-21(17-33-18-22)16-32-15-20-5-2-3-6-20/h4,7-14,17-18,20,32,34H,2-3,5-6,15-16H2,1H3,(H,36,37). The number of hydrogen-bond acceptors (Lipinski definition) is 5. The highest BCUT2D eigenvalue weighted by molar-refractivity contribution is 7.15. The van der Waals surface area contributed by atoms with E-state index in [1.807, 2.05) is 29.8 Å². The highest BCUT2D eigenvalue weighted by Gasteiger charge is 2.17. The molecule has 5 aromatic heterocycles. The Kier molecular flexibility index (Phi) is 6.02. The molecule has 0 bridgehead atoms. The van der Waals surface area contributed by atoms with Gasteiger partial charge in [0.2, 0.25) is 0 Å². The number of rotatable bonds is 7. The van der Waals surface area contributed by atoms with Crippen LogP contribution < -0.4 is 5.32 Å². The molecule has 6 aromatic rings. The van der Waals surface area contributed by atoms with Crippen molar-refractivity contribution in [3.05, 3.63) is 77.4 Å². The number of nitrogens with one attached hydrogen (secondary N) is 3. The molecule has 1 fully saturated rings. The van der Waals surface area contributed by atoms with Crippen LogP contribution in [0.4, 0.5) is 0 Å². The summed E-state index contributed by atoms with van der Waals surface area (Å²) in [7, 11) is 0. The molecule has 0 spiro atoms. The Morgan fingerprint density at radius 3 is 2.79 bits per heavy atom. The molecule has 1 aromatic carbocycles. The van der Waals surface area contributed by atoms with E-state index in [1.54, 1.807) is 0 Å². The molecule has 0 unspecified atom stereocenters. The van der Waals surface area contributed by atoms with E-state index in [0.29, 0.717) is 0 Å². The Balaban J connectivity index is 1.20. The van der Waals surface area contributed by atoms with E-state index in [1.165, 1.54) is 52.0 Å². The van der Waals surface area contributed by atoms with Crippen LogP contribution in [0.25, 0.3) is 55.0 Å². The molecule has 5 heterocycles. The van der Waals surface area contributed by atoms with Crippen molar-refractivity contribution in [2.24, 2.45) is 5.92 Å². The van der Waals surface area contributed by atoms with Gasteiger partial charge in [-0.15, -0.1) is 11.3 Å². The van der Waals surface area contributed by atoms with Crippen LogP contribution in [0.3, 0.4) is 0 Å². The number of aromatic amines is 2. The fraction of sp³-hybridized carbons (Fsp3) is 0.258. The molecule has 1 aliphatic rings. The second kappa shape index (κ2) is 9.82. The van der Waals surface area contributed by atoms with Gasteiger partial charge >= 0.3 is 0 Å². The van der Waals surface area contributed by atoms with E-state index in [9.17, 15) is 0 Å². The lowest BCUT2D eigenvalue weighted by Gasteiger charge is -2.11. The topological polar surface area (TPSA) is 82.3 Å². The molecule has 7 rings (SSSR count). The molecule has 0 radical (unpaired) electrons. The summed E-state index contributed by atoms with van der Waals surface area (Å²) < 4.78 is 0. The van der Waals surface area contributed by atoms with Crippen LogP contribution in [-0.4, -0.2) is 31.7 Å². The van der Waals surface area contributed by atoms with E-state index in [4.69, 9.17) is 4.98 Å². The lowest BCUT2D eigenvalue weighted by molar-refractivity contribution is 0.489. The highest BCUT2D eigenvalue weighted by atomic mass is 32.1. The fourth-order valence-electron chi connectivity index (χ4n) is 5.68. The minimum atomic E-state index is 0.824. The van der Waals surface area contributed by atoms with E-state index < -0.39 is 0 Å². The number of aromatic nitrogens is 5. The van der Waals surface area contributed by atoms with E-state index in [0.717, 1.165) is 58.2 Å². The van der Waals surface area contributed by atoms with Crippen LogP contribution in [0.5, 0.6) is 0 Å². The smallest absolute Gasteiger partial charge is 0.135 e. The molecule has 0 saturated heterocycles. The van der Waals surface area contributed by atoms with Crippen LogP contribution in [0.15, 0.2) is 67.0 Å². The van der Waals surface area contributed by atoms with Crippen LogP contribution in [0, 0.1) is 12.8 Å². The summed E-state index contributed by atoms with van der Waals surface area (Å²) in [5.74, 6) is 0.824. The lowest BCUT2D eigenvalue weighted by atomic mass is 10.1. The average molecular weight is 519 g/mol. The molecule has 0 atom stereocenters. The van der Waals surface area contributed by atoms with Crippen molar-refractivity contribution >= 4 is 33.3 Å². The molecule has 0 aliphatic heterocycles. The molecule has 7 heteroatoms. The number of hydrogen-bond donors (Lipinski definition) is 3. The summed E-state index contributed by atoms with van der Waals surface area (Å²) in [6.45, 7) is 4.07. The molecule has 1 saturated carbocycles. The highest BCUT2D eigenvalue weighted by Crippen LogP contribution is 2.36. The zero-order chi connectivity index (χ0) is 25.5. The molecular weight excluding hydrogens is 488 g/mol. The first-order chi connectivity index (χ1) is 18.7. The summed E-state index contributed by atoms with van der Waals surface area (Å²) in [4.78, 5) is 15.7. The van der Waals surface area contributed by atoms with Gasteiger partial charge < -0.3 is 10.3 Å². The molecule has 3 N–H and O–H groups in total. The summed E-state index contributed by atoms with van der Waals surface area (Å²) in [6.07, 6.45) is 9.31. The number of H-pyrrole nitrogens is 2. The monoisotopic (exact) mass is 518 g/mol. The number of aryl methyl sites for hydroxylation is 1. The van der Waals surface area contributed by atoms with Crippen molar-refractivity contribution in [1.82, 2.24) is 30.5 Å². The van der Waals surface area contributed by atoms with Gasteiger partial charge in [0.25, 0.3) is 0 Å². The maximum absolute atomic E-state index is 5.05. The SMILES string of the molecule is Cc1ccc(-c2cccc3[nH]c(-c4n[nH]c5ccc(-c6cncc(CNCC7CCCC7)c6)nc45)cc23)s1. The van der Waals surface area contributed by atoms with Gasteiger partial charge in [-0.1, -0.05) is 25.0 Å². The molecule has 0 amide bonds. The number of thiophene rings is 1. The van der Waals surface area contributed by atoms with Crippen molar-refractivity contribution in [3.8, 4) is 33.1 Å². The Hall–Kier alpha value is -3.81. The molecule has 190 valence electrons. The van der Waals surface area contributed by atoms with Crippen molar-refractivity contribution in [2.75, 3.05) is 6.54 Å². The number of pyridine rings is 2. The van der Waals surface area contributed by atoms with Gasteiger partial charge in [-0.25, -0.2) is 4.98 Å². The van der Waals surface area contributed by atoms with E-state index in [-0.39, 0.29) is 0 Å². The number of benzene rings is 1. The van der Waals surface area contributed by atoms with Gasteiger partial charge in [0.1, 0.15) is 11.2 Å². The Morgan fingerprint density at radius 1 is 1.00 bits per heavy atom. The molecule has 1 aliphatic carbocycles. The second-order valence-corrected chi connectivity index (χ2v) is 11.7. The third-order valence-corrected chi connectivity index (χ3v) is 8.69. The zero-order valence-electron chi connectivity index (χ0n) is 21.4. The molecule has 6 nitrogen and oxygen atoms in total. The molecular formula is C31H30N6S. The predicted molar refractivity (Wildman–Crippen MR) is 156 cm³/mol. The maximum Gasteiger partial charge on any atom is 0.135 e. The first-order valence-corrected chi connectivity index (χ1v) is 14.2. The predicted octanol–water partition coefficient (Wildman–Crippen LogP) is 7.48. The van der Waals surface area contributed by atoms with Gasteiger partial charge in [0, 0.05) is 50.7 Å². The van der Waals surface area contributed by atoms with Gasteiger partial charge in [-0.2, -0.15) is 5.10 Å². The van der Waals surface area contributed by atoms with Crippen molar-refractivity contribution < 1.29 is 0 Å². The quantitative estimate of drug-likeness (QED) is 0.205. The van der Waals surface area contributed by atoms with Gasteiger partial charge in [-0.05, 0) is 80.3 Å². The fourth-order valence-corrected chi connectivity index (χ4v) is 6.59. The average Bonchev–Trinajstić information content (AvgIpc) is 3.74. The van der Waals surface area contributed by atoms with Crippen LogP contribution >= 0.6 is 11.3 Å². The summed E-state index contributed by atoms with van der Waals surface area (Å²) in [6, 6.07) is 19.3. The van der Waals surface area contributed by atoms with Crippen LogP contribution in [0.2, 0.25) is 0 Å². The zero-order valence-corrected chi connectivity index (χ0v) is 22.2. The molecule has 38 heavy (non-hydrogen) atoms. The minimum absolute atomic E-state index is 0.824. The van der Waals surface area contributed by atoms with Gasteiger partial charge in [-0.3, -0.25) is 10.1 Å². The van der Waals surface area contributed by atoms with Crippen LogP contribution in [-0.2, 0) is 6.54 Å².